The van der Waals surface area contributed by atoms with E-state index in [2.05, 4.69) is 40.1 Å². The predicted octanol–water partition coefficient (Wildman–Crippen LogP) is 2.02. The number of amides is 1. The number of rotatable bonds is 6. The molecule has 88 valence electrons. The van der Waals surface area contributed by atoms with Gasteiger partial charge in [0.2, 0.25) is 0 Å². The first-order valence-corrected chi connectivity index (χ1v) is 6.56. The topological polar surface area (TPSA) is 41.1 Å². The Kier molecular flexibility index (Phi) is 6.40. The van der Waals surface area contributed by atoms with Crippen molar-refractivity contribution in [1.82, 2.24) is 10.6 Å². The van der Waals surface area contributed by atoms with Crippen LogP contribution in [0.2, 0.25) is 0 Å². The highest BCUT2D eigenvalue weighted by Gasteiger charge is 2.03. The van der Waals surface area contributed by atoms with E-state index in [-0.39, 0.29) is 5.91 Å². The first kappa shape index (κ1) is 13.4. The highest BCUT2D eigenvalue weighted by molar-refractivity contribution is 14.1. The zero-order valence-corrected chi connectivity index (χ0v) is 11.6. The average molecular weight is 332 g/mol. The fraction of sp³-hybridized carbons (Fsp3) is 0.417. The maximum absolute atomic E-state index is 11.6. The smallest absolute Gasteiger partial charge is 0.251 e. The third-order valence-corrected chi connectivity index (χ3v) is 2.84. The summed E-state index contributed by atoms with van der Waals surface area (Å²) in [5.41, 5.74) is 0.718. The van der Waals surface area contributed by atoms with Gasteiger partial charge in [-0.15, -0.1) is 0 Å². The molecule has 0 spiro atoms. The van der Waals surface area contributed by atoms with E-state index in [1.807, 2.05) is 24.3 Å². The van der Waals surface area contributed by atoms with Gasteiger partial charge in [0.15, 0.2) is 0 Å². The van der Waals surface area contributed by atoms with Gasteiger partial charge in [-0.2, -0.15) is 0 Å². The van der Waals surface area contributed by atoms with Crippen LogP contribution in [-0.4, -0.2) is 25.5 Å². The number of carbonyl (C=O) groups excluding carboxylic acids is 1. The summed E-state index contributed by atoms with van der Waals surface area (Å²) >= 11 is 2.22. The largest absolute Gasteiger partial charge is 0.351 e. The highest BCUT2D eigenvalue weighted by atomic mass is 127. The lowest BCUT2D eigenvalue weighted by Crippen LogP contribution is -2.32. The van der Waals surface area contributed by atoms with Crippen molar-refractivity contribution in [1.29, 1.82) is 0 Å². The molecule has 0 atom stereocenters. The lowest BCUT2D eigenvalue weighted by molar-refractivity contribution is 0.0954. The molecule has 0 bridgehead atoms. The summed E-state index contributed by atoms with van der Waals surface area (Å²) in [4.78, 5) is 11.6. The van der Waals surface area contributed by atoms with Gasteiger partial charge in [0, 0.05) is 22.2 Å². The van der Waals surface area contributed by atoms with Crippen LogP contribution in [0, 0.1) is 3.57 Å². The summed E-state index contributed by atoms with van der Waals surface area (Å²) in [5.74, 6) is -0.00491. The minimum absolute atomic E-state index is 0.00491. The van der Waals surface area contributed by atoms with Crippen LogP contribution in [0.15, 0.2) is 24.3 Å². The third-order valence-electron chi connectivity index (χ3n) is 2.12. The first-order chi connectivity index (χ1) is 7.74. The van der Waals surface area contributed by atoms with Crippen LogP contribution in [0.3, 0.4) is 0 Å². The second-order valence-corrected chi connectivity index (χ2v) is 4.76. The molecule has 0 aliphatic heterocycles. The first-order valence-electron chi connectivity index (χ1n) is 5.48. The summed E-state index contributed by atoms with van der Waals surface area (Å²) < 4.78 is 1.14. The molecule has 0 fully saturated rings. The van der Waals surface area contributed by atoms with E-state index in [0.717, 1.165) is 28.6 Å². The van der Waals surface area contributed by atoms with E-state index in [4.69, 9.17) is 0 Å². The number of halogens is 1. The van der Waals surface area contributed by atoms with E-state index in [1.54, 1.807) is 0 Å². The number of hydrogen-bond donors (Lipinski definition) is 2. The van der Waals surface area contributed by atoms with Crippen molar-refractivity contribution in [2.75, 3.05) is 19.6 Å². The van der Waals surface area contributed by atoms with Crippen LogP contribution in [0.25, 0.3) is 0 Å². The molecule has 1 amide bonds. The molecule has 0 saturated heterocycles. The molecule has 0 aliphatic rings. The molecular formula is C12H17IN2O. The lowest BCUT2D eigenvalue weighted by atomic mass is 10.2. The maximum Gasteiger partial charge on any atom is 0.251 e. The molecule has 2 N–H and O–H groups in total. The third kappa shape index (κ3) is 4.94. The van der Waals surface area contributed by atoms with E-state index in [0.29, 0.717) is 6.54 Å². The van der Waals surface area contributed by atoms with Crippen LogP contribution in [0.4, 0.5) is 0 Å². The molecule has 1 aromatic rings. The minimum Gasteiger partial charge on any atom is -0.351 e. The molecule has 4 heteroatoms. The normalized spacial score (nSPS) is 10.1. The average Bonchev–Trinajstić information content (AvgIpc) is 2.29. The number of nitrogens with one attached hydrogen (secondary N) is 2. The SMILES string of the molecule is CCCNCCNC(=O)c1ccc(I)cc1. The van der Waals surface area contributed by atoms with Crippen molar-refractivity contribution >= 4 is 28.5 Å². The Labute approximate surface area is 110 Å². The molecule has 0 aromatic heterocycles. The summed E-state index contributed by atoms with van der Waals surface area (Å²) in [6, 6.07) is 7.56. The molecule has 1 rings (SSSR count). The monoisotopic (exact) mass is 332 g/mol. The van der Waals surface area contributed by atoms with Crippen LogP contribution in [0.1, 0.15) is 23.7 Å². The quantitative estimate of drug-likeness (QED) is 0.618. The zero-order valence-electron chi connectivity index (χ0n) is 9.42. The number of carbonyl (C=O) groups is 1. The zero-order chi connectivity index (χ0) is 11.8. The van der Waals surface area contributed by atoms with Crippen LogP contribution in [0.5, 0.6) is 0 Å². The van der Waals surface area contributed by atoms with E-state index >= 15 is 0 Å². The Morgan fingerprint density at radius 2 is 1.88 bits per heavy atom. The Bertz CT molecular complexity index is 324. The Morgan fingerprint density at radius 3 is 2.50 bits per heavy atom. The van der Waals surface area contributed by atoms with Gasteiger partial charge in [-0.1, -0.05) is 6.92 Å². The van der Waals surface area contributed by atoms with Gasteiger partial charge in [-0.3, -0.25) is 4.79 Å². The van der Waals surface area contributed by atoms with Crippen molar-refractivity contribution in [2.24, 2.45) is 0 Å². The lowest BCUT2D eigenvalue weighted by Gasteiger charge is -2.06. The van der Waals surface area contributed by atoms with Gasteiger partial charge in [0.1, 0.15) is 0 Å². The van der Waals surface area contributed by atoms with Crippen molar-refractivity contribution in [3.8, 4) is 0 Å². The van der Waals surface area contributed by atoms with E-state index in [9.17, 15) is 4.79 Å². The maximum atomic E-state index is 11.6. The van der Waals surface area contributed by atoms with E-state index in [1.165, 1.54) is 0 Å². The molecule has 16 heavy (non-hydrogen) atoms. The molecular weight excluding hydrogens is 315 g/mol. The standard InChI is InChI=1S/C12H17IN2O/c1-2-7-14-8-9-15-12(16)10-3-5-11(13)6-4-10/h3-6,14H,2,7-9H2,1H3,(H,15,16). The van der Waals surface area contributed by atoms with Gasteiger partial charge in [0.05, 0.1) is 0 Å². The molecule has 0 radical (unpaired) electrons. The molecule has 0 heterocycles. The summed E-state index contributed by atoms with van der Waals surface area (Å²) in [6.45, 7) is 4.62. The van der Waals surface area contributed by atoms with Crippen molar-refractivity contribution in [3.05, 3.63) is 33.4 Å². The fourth-order valence-corrected chi connectivity index (χ4v) is 1.63. The fourth-order valence-electron chi connectivity index (χ4n) is 1.27. The molecule has 1 aromatic carbocycles. The van der Waals surface area contributed by atoms with Crippen LogP contribution >= 0.6 is 22.6 Å². The molecule has 0 unspecified atom stereocenters. The highest BCUT2D eigenvalue weighted by Crippen LogP contribution is 2.06. The van der Waals surface area contributed by atoms with Crippen molar-refractivity contribution in [2.45, 2.75) is 13.3 Å². The summed E-state index contributed by atoms with van der Waals surface area (Å²) in [7, 11) is 0. The van der Waals surface area contributed by atoms with Gasteiger partial charge >= 0.3 is 0 Å². The van der Waals surface area contributed by atoms with Gasteiger partial charge in [-0.05, 0) is 59.8 Å². The van der Waals surface area contributed by atoms with Crippen molar-refractivity contribution < 1.29 is 4.79 Å². The second-order valence-electron chi connectivity index (χ2n) is 3.51. The van der Waals surface area contributed by atoms with Crippen LogP contribution < -0.4 is 10.6 Å². The predicted molar refractivity (Wildman–Crippen MR) is 74.7 cm³/mol. The Balaban J connectivity index is 2.27. The Morgan fingerprint density at radius 1 is 1.19 bits per heavy atom. The molecule has 0 saturated carbocycles. The van der Waals surface area contributed by atoms with E-state index < -0.39 is 0 Å². The number of benzene rings is 1. The molecule has 3 nitrogen and oxygen atoms in total. The van der Waals surface area contributed by atoms with Gasteiger partial charge < -0.3 is 10.6 Å². The summed E-state index contributed by atoms with van der Waals surface area (Å²) in [6.07, 6.45) is 1.12. The van der Waals surface area contributed by atoms with Gasteiger partial charge in [-0.25, -0.2) is 0 Å². The molecule has 0 aliphatic carbocycles. The second kappa shape index (κ2) is 7.62. The summed E-state index contributed by atoms with van der Waals surface area (Å²) in [5, 5.41) is 6.11. The Hall–Kier alpha value is -0.620. The van der Waals surface area contributed by atoms with Crippen molar-refractivity contribution in [3.63, 3.8) is 0 Å². The minimum atomic E-state index is -0.00491. The van der Waals surface area contributed by atoms with Crippen LogP contribution in [-0.2, 0) is 0 Å². The number of hydrogen-bond acceptors (Lipinski definition) is 2. The van der Waals surface area contributed by atoms with Gasteiger partial charge in [0.25, 0.3) is 5.91 Å².